The van der Waals surface area contributed by atoms with Crippen LogP contribution in [-0.4, -0.2) is 23.9 Å². The molecule has 22 heavy (non-hydrogen) atoms. The Bertz CT molecular complexity index is 549. The lowest BCUT2D eigenvalue weighted by atomic mass is 9.99. The van der Waals surface area contributed by atoms with E-state index in [0.717, 1.165) is 13.1 Å². The van der Waals surface area contributed by atoms with E-state index in [1.165, 1.54) is 30.4 Å². The van der Waals surface area contributed by atoms with Crippen LogP contribution in [0.3, 0.4) is 0 Å². The van der Waals surface area contributed by atoms with Gasteiger partial charge in [-0.2, -0.15) is 0 Å². The van der Waals surface area contributed by atoms with E-state index >= 15 is 0 Å². The number of nitrogens with zero attached hydrogens (tertiary/aromatic N) is 1. The first kappa shape index (κ1) is 14.6. The van der Waals surface area contributed by atoms with Crippen LogP contribution in [0.25, 0.3) is 0 Å². The van der Waals surface area contributed by atoms with Gasteiger partial charge in [-0.1, -0.05) is 60.7 Å². The highest BCUT2D eigenvalue weighted by atomic mass is 15.3. The van der Waals surface area contributed by atoms with Crippen LogP contribution in [-0.2, 0) is 0 Å². The molecule has 0 saturated carbocycles. The molecule has 0 aromatic heterocycles. The predicted octanol–water partition coefficient (Wildman–Crippen LogP) is 3.79. The minimum Gasteiger partial charge on any atom is -0.345 e. The van der Waals surface area contributed by atoms with Crippen LogP contribution in [0.1, 0.15) is 36.4 Å². The lowest BCUT2D eigenvalue weighted by Crippen LogP contribution is -2.44. The Labute approximate surface area is 132 Å². The molecule has 1 aliphatic heterocycles. The summed E-state index contributed by atoms with van der Waals surface area (Å²) in [5.41, 5.74) is 2.38. The molecule has 2 aromatic rings. The summed E-state index contributed by atoms with van der Waals surface area (Å²) in [4.78, 5) is 2.16. The summed E-state index contributed by atoms with van der Waals surface area (Å²) in [7, 11) is 0. The number of nitrogens with one attached hydrogen (secondary N) is 2. The van der Waals surface area contributed by atoms with Gasteiger partial charge in [-0.15, -0.1) is 0 Å². The summed E-state index contributed by atoms with van der Waals surface area (Å²) >= 11 is 0. The van der Waals surface area contributed by atoms with E-state index in [9.17, 15) is 0 Å². The first-order chi connectivity index (χ1) is 10.8. The lowest BCUT2D eigenvalue weighted by Gasteiger charge is -2.32. The van der Waals surface area contributed by atoms with Gasteiger partial charge in [0.1, 0.15) is 0 Å². The fourth-order valence-electron chi connectivity index (χ4n) is 3.00. The molecule has 0 radical (unpaired) electrons. The molecule has 1 fully saturated rings. The fourth-order valence-corrected chi connectivity index (χ4v) is 3.00. The standard InChI is InChI=1S/C19H23N3/c20-19(22-14-8-3-9-15-22)21-18(16-10-4-1-5-11-16)17-12-6-2-7-13-17/h1-2,4-7,10-13,18H,3,8-9,14-15H2,(H2,20,21). The Morgan fingerprint density at radius 2 is 1.32 bits per heavy atom. The molecule has 0 amide bonds. The number of hydrogen-bond donors (Lipinski definition) is 2. The minimum absolute atomic E-state index is 0.0248. The van der Waals surface area contributed by atoms with Crippen molar-refractivity contribution in [2.75, 3.05) is 13.1 Å². The smallest absolute Gasteiger partial charge is 0.191 e. The van der Waals surface area contributed by atoms with Gasteiger partial charge in [-0.25, -0.2) is 0 Å². The normalized spacial score (nSPS) is 14.9. The van der Waals surface area contributed by atoms with Gasteiger partial charge in [0.05, 0.1) is 6.04 Å². The number of piperidine rings is 1. The first-order valence-electron chi connectivity index (χ1n) is 8.04. The van der Waals surface area contributed by atoms with Crippen molar-refractivity contribution in [3.8, 4) is 0 Å². The quantitative estimate of drug-likeness (QED) is 0.667. The van der Waals surface area contributed by atoms with E-state index in [4.69, 9.17) is 5.41 Å². The van der Waals surface area contributed by atoms with Gasteiger partial charge in [-0.05, 0) is 30.4 Å². The Morgan fingerprint density at radius 1 is 0.818 bits per heavy atom. The summed E-state index contributed by atoms with van der Waals surface area (Å²) in [5, 5.41) is 11.9. The monoisotopic (exact) mass is 293 g/mol. The summed E-state index contributed by atoms with van der Waals surface area (Å²) < 4.78 is 0. The molecular weight excluding hydrogens is 270 g/mol. The van der Waals surface area contributed by atoms with Crippen LogP contribution in [0, 0.1) is 5.41 Å². The van der Waals surface area contributed by atoms with Gasteiger partial charge in [0.2, 0.25) is 0 Å². The predicted molar refractivity (Wildman–Crippen MR) is 91.0 cm³/mol. The van der Waals surface area contributed by atoms with Crippen LogP contribution in [0.2, 0.25) is 0 Å². The third-order valence-corrected chi connectivity index (χ3v) is 4.22. The Hall–Kier alpha value is -2.29. The van der Waals surface area contributed by atoms with Crippen LogP contribution < -0.4 is 5.32 Å². The van der Waals surface area contributed by atoms with Crippen LogP contribution >= 0.6 is 0 Å². The third-order valence-electron chi connectivity index (χ3n) is 4.22. The van der Waals surface area contributed by atoms with Crippen molar-refractivity contribution in [3.63, 3.8) is 0 Å². The number of hydrogen-bond acceptors (Lipinski definition) is 1. The van der Waals surface area contributed by atoms with E-state index in [1.807, 2.05) is 12.1 Å². The summed E-state index contributed by atoms with van der Waals surface area (Å²) in [5.74, 6) is 0.539. The Balaban J connectivity index is 1.81. The van der Waals surface area contributed by atoms with Crippen molar-refractivity contribution < 1.29 is 0 Å². The van der Waals surface area contributed by atoms with Gasteiger partial charge >= 0.3 is 0 Å². The maximum Gasteiger partial charge on any atom is 0.191 e. The van der Waals surface area contributed by atoms with Gasteiger partial charge < -0.3 is 10.2 Å². The largest absolute Gasteiger partial charge is 0.345 e. The zero-order valence-electron chi connectivity index (χ0n) is 12.8. The molecule has 1 aliphatic rings. The number of likely N-dealkylation sites (tertiary alicyclic amines) is 1. The van der Waals surface area contributed by atoms with Crippen LogP contribution in [0.4, 0.5) is 0 Å². The summed E-state index contributed by atoms with van der Waals surface area (Å²) in [6, 6.07) is 20.8. The number of guanidine groups is 1. The van der Waals surface area contributed by atoms with Gasteiger partial charge in [0.15, 0.2) is 5.96 Å². The van der Waals surface area contributed by atoms with E-state index in [1.54, 1.807) is 0 Å². The number of rotatable bonds is 3. The summed E-state index contributed by atoms with van der Waals surface area (Å²) in [6.07, 6.45) is 3.65. The zero-order chi connectivity index (χ0) is 15.2. The molecule has 3 nitrogen and oxygen atoms in total. The second kappa shape index (κ2) is 7.12. The molecule has 0 aliphatic carbocycles. The molecule has 2 aromatic carbocycles. The molecule has 114 valence electrons. The molecule has 0 atom stereocenters. The first-order valence-corrected chi connectivity index (χ1v) is 8.04. The second-order valence-electron chi connectivity index (χ2n) is 5.80. The van der Waals surface area contributed by atoms with Gasteiger partial charge in [-0.3, -0.25) is 5.41 Å². The second-order valence-corrected chi connectivity index (χ2v) is 5.80. The van der Waals surface area contributed by atoms with E-state index < -0.39 is 0 Å². The molecule has 1 saturated heterocycles. The van der Waals surface area contributed by atoms with E-state index in [-0.39, 0.29) is 6.04 Å². The highest BCUT2D eigenvalue weighted by Crippen LogP contribution is 2.22. The topological polar surface area (TPSA) is 39.1 Å². The lowest BCUT2D eigenvalue weighted by molar-refractivity contribution is 0.328. The minimum atomic E-state index is 0.0248. The van der Waals surface area contributed by atoms with Crippen molar-refractivity contribution in [1.82, 2.24) is 10.2 Å². The maximum atomic E-state index is 8.43. The van der Waals surface area contributed by atoms with Crippen molar-refractivity contribution in [2.24, 2.45) is 0 Å². The molecule has 3 heteroatoms. The molecule has 0 spiro atoms. The Kier molecular flexibility index (Phi) is 4.74. The van der Waals surface area contributed by atoms with E-state index in [2.05, 4.69) is 58.7 Å². The van der Waals surface area contributed by atoms with Gasteiger partial charge in [0, 0.05) is 13.1 Å². The van der Waals surface area contributed by atoms with Crippen molar-refractivity contribution in [1.29, 1.82) is 5.41 Å². The van der Waals surface area contributed by atoms with Crippen LogP contribution in [0.5, 0.6) is 0 Å². The zero-order valence-corrected chi connectivity index (χ0v) is 12.8. The molecule has 3 rings (SSSR count). The molecule has 0 unspecified atom stereocenters. The van der Waals surface area contributed by atoms with Crippen LogP contribution in [0.15, 0.2) is 60.7 Å². The molecule has 1 heterocycles. The van der Waals surface area contributed by atoms with Crippen molar-refractivity contribution in [3.05, 3.63) is 71.8 Å². The summed E-state index contributed by atoms with van der Waals surface area (Å²) in [6.45, 7) is 1.98. The molecule has 2 N–H and O–H groups in total. The Morgan fingerprint density at radius 3 is 1.82 bits per heavy atom. The van der Waals surface area contributed by atoms with Gasteiger partial charge in [0.25, 0.3) is 0 Å². The highest BCUT2D eigenvalue weighted by Gasteiger charge is 2.19. The van der Waals surface area contributed by atoms with Crippen molar-refractivity contribution in [2.45, 2.75) is 25.3 Å². The fraction of sp³-hybridized carbons (Fsp3) is 0.316. The third kappa shape index (κ3) is 3.48. The average molecular weight is 293 g/mol. The molecular formula is C19H23N3. The average Bonchev–Trinajstić information content (AvgIpc) is 2.62. The SMILES string of the molecule is N=C(NC(c1ccccc1)c1ccccc1)N1CCCCC1. The number of benzene rings is 2. The maximum absolute atomic E-state index is 8.43. The highest BCUT2D eigenvalue weighted by molar-refractivity contribution is 5.77. The van der Waals surface area contributed by atoms with E-state index in [0.29, 0.717) is 5.96 Å². The van der Waals surface area contributed by atoms with Crippen molar-refractivity contribution >= 4 is 5.96 Å². The molecule has 0 bridgehead atoms.